The molecule has 0 heterocycles. The van der Waals surface area contributed by atoms with Gasteiger partial charge in [0.25, 0.3) is 0 Å². The number of aliphatic hydroxyl groups is 1. The lowest BCUT2D eigenvalue weighted by Gasteiger charge is -2.21. The van der Waals surface area contributed by atoms with Gasteiger partial charge in [0.2, 0.25) is 0 Å². The molecule has 0 spiro atoms. The highest BCUT2D eigenvalue weighted by Crippen LogP contribution is 2.45. The standard InChI is InChI=1S/C80H156O17P2/c1-5-9-13-17-21-25-28-31-33-35-37-38-39-41-43-45-48-51-55-59-63-67-80(85)97-76(71-91-78(83)65-61-57-53-49-47-44-42-40-36-34-32-29-26-22-18-14-10-6-2)73-95-99(88,89)93-69-74(81)68-92-98(86,87)94-72-75(70-90-77(82)64-60-56-52-24-20-16-12-8-4)96-79(84)66-62-58-54-50-46-30-27-23-19-15-11-7-3/h74-76,81H,5-73H2,1-4H3,(H,86,87)(H,88,89)/t74-,75+,76+/m0/s1. The Hall–Kier alpha value is -1.94. The molecule has 0 aliphatic heterocycles. The summed E-state index contributed by atoms with van der Waals surface area (Å²) >= 11 is 0. The van der Waals surface area contributed by atoms with Crippen molar-refractivity contribution in [1.82, 2.24) is 0 Å². The Morgan fingerprint density at radius 2 is 0.404 bits per heavy atom. The highest BCUT2D eigenvalue weighted by Gasteiger charge is 2.30. The summed E-state index contributed by atoms with van der Waals surface area (Å²) in [5, 5.41) is 10.6. The number of aliphatic hydroxyl groups excluding tert-OH is 1. The van der Waals surface area contributed by atoms with E-state index in [1.165, 1.54) is 263 Å². The molecule has 3 N–H and O–H groups in total. The van der Waals surface area contributed by atoms with Gasteiger partial charge in [0.15, 0.2) is 12.2 Å². The first-order valence-corrected chi connectivity index (χ1v) is 44.8. The molecule has 0 aliphatic carbocycles. The second-order valence-electron chi connectivity index (χ2n) is 28.8. The van der Waals surface area contributed by atoms with E-state index in [4.69, 9.17) is 37.0 Å². The Balaban J connectivity index is 5.17. The minimum atomic E-state index is -4.96. The largest absolute Gasteiger partial charge is 0.472 e. The molecule has 0 amide bonds. The molecular formula is C80H156O17P2. The fraction of sp³-hybridized carbons (Fsp3) is 0.950. The van der Waals surface area contributed by atoms with Gasteiger partial charge in [-0.3, -0.25) is 37.3 Å². The van der Waals surface area contributed by atoms with Crippen LogP contribution in [0.3, 0.4) is 0 Å². The first-order chi connectivity index (χ1) is 48.2. The van der Waals surface area contributed by atoms with Crippen LogP contribution in [0.4, 0.5) is 0 Å². The Bertz CT molecular complexity index is 1880. The van der Waals surface area contributed by atoms with Crippen LogP contribution in [0.15, 0.2) is 0 Å². The van der Waals surface area contributed by atoms with Crippen LogP contribution in [0.1, 0.15) is 432 Å². The number of hydrogen-bond acceptors (Lipinski definition) is 15. The van der Waals surface area contributed by atoms with Gasteiger partial charge in [-0.1, -0.05) is 381 Å². The first-order valence-electron chi connectivity index (χ1n) is 41.8. The number of rotatable bonds is 81. The van der Waals surface area contributed by atoms with Crippen LogP contribution in [0.25, 0.3) is 0 Å². The van der Waals surface area contributed by atoms with E-state index in [2.05, 4.69) is 27.7 Å². The number of esters is 4. The third kappa shape index (κ3) is 74.1. The molecular weight excluding hydrogens is 1290 g/mol. The van der Waals surface area contributed by atoms with Crippen LogP contribution in [0, 0.1) is 0 Å². The van der Waals surface area contributed by atoms with Gasteiger partial charge in [-0.15, -0.1) is 0 Å². The van der Waals surface area contributed by atoms with Crippen LogP contribution in [-0.4, -0.2) is 96.7 Å². The Morgan fingerprint density at radius 1 is 0.242 bits per heavy atom. The fourth-order valence-corrected chi connectivity index (χ4v) is 14.0. The highest BCUT2D eigenvalue weighted by atomic mass is 31.2. The molecule has 0 saturated carbocycles. The molecule has 0 bridgehead atoms. The summed E-state index contributed by atoms with van der Waals surface area (Å²) in [6.07, 6.45) is 66.8. The van der Waals surface area contributed by atoms with E-state index >= 15 is 0 Å². The second kappa shape index (κ2) is 74.3. The molecule has 0 rings (SSSR count). The van der Waals surface area contributed by atoms with Gasteiger partial charge in [-0.25, -0.2) is 9.13 Å². The summed E-state index contributed by atoms with van der Waals surface area (Å²) in [5.74, 6) is -2.11. The van der Waals surface area contributed by atoms with Crippen LogP contribution < -0.4 is 0 Å². The lowest BCUT2D eigenvalue weighted by Crippen LogP contribution is -2.30. The van der Waals surface area contributed by atoms with Crippen molar-refractivity contribution in [2.75, 3.05) is 39.6 Å². The molecule has 0 fully saturated rings. The maximum absolute atomic E-state index is 13.1. The van der Waals surface area contributed by atoms with Gasteiger partial charge in [0, 0.05) is 25.7 Å². The van der Waals surface area contributed by atoms with Crippen molar-refractivity contribution in [3.8, 4) is 0 Å². The van der Waals surface area contributed by atoms with Gasteiger partial charge < -0.3 is 33.8 Å². The second-order valence-corrected chi connectivity index (χ2v) is 31.7. The van der Waals surface area contributed by atoms with Gasteiger partial charge in [-0.2, -0.15) is 0 Å². The average Bonchev–Trinajstić information content (AvgIpc) is 1.09. The highest BCUT2D eigenvalue weighted by molar-refractivity contribution is 7.47. The molecule has 0 aromatic heterocycles. The Kier molecular flexibility index (Phi) is 72.9. The van der Waals surface area contributed by atoms with E-state index in [0.29, 0.717) is 25.7 Å². The number of hydrogen-bond donors (Lipinski definition) is 3. The molecule has 99 heavy (non-hydrogen) atoms. The maximum atomic E-state index is 13.1. The van der Waals surface area contributed by atoms with E-state index in [9.17, 15) is 43.2 Å². The third-order valence-electron chi connectivity index (χ3n) is 18.9. The van der Waals surface area contributed by atoms with E-state index in [0.717, 1.165) is 89.9 Å². The maximum Gasteiger partial charge on any atom is 0.472 e. The van der Waals surface area contributed by atoms with Crippen molar-refractivity contribution in [1.29, 1.82) is 0 Å². The van der Waals surface area contributed by atoms with Crippen LogP contribution in [-0.2, 0) is 65.4 Å². The summed E-state index contributed by atoms with van der Waals surface area (Å²) in [6, 6.07) is 0. The lowest BCUT2D eigenvalue weighted by atomic mass is 10.0. The smallest absolute Gasteiger partial charge is 0.462 e. The molecule has 0 aliphatic rings. The molecule has 588 valence electrons. The molecule has 0 aromatic rings. The van der Waals surface area contributed by atoms with Crippen LogP contribution >= 0.6 is 15.6 Å². The zero-order valence-electron chi connectivity index (χ0n) is 64.5. The van der Waals surface area contributed by atoms with Crippen molar-refractivity contribution in [3.63, 3.8) is 0 Å². The minimum absolute atomic E-state index is 0.108. The normalized spacial score (nSPS) is 13.8. The number of ether oxygens (including phenoxy) is 4. The zero-order valence-corrected chi connectivity index (χ0v) is 66.3. The van der Waals surface area contributed by atoms with Gasteiger partial charge >= 0.3 is 39.5 Å². The van der Waals surface area contributed by atoms with Gasteiger partial charge in [0.1, 0.15) is 19.3 Å². The van der Waals surface area contributed by atoms with Gasteiger partial charge in [-0.05, 0) is 25.7 Å². The topological polar surface area (TPSA) is 237 Å². The molecule has 0 saturated heterocycles. The first kappa shape index (κ1) is 97.1. The molecule has 0 aromatic carbocycles. The summed E-state index contributed by atoms with van der Waals surface area (Å²) in [6.45, 7) is 4.99. The van der Waals surface area contributed by atoms with Crippen molar-refractivity contribution in [3.05, 3.63) is 0 Å². The minimum Gasteiger partial charge on any atom is -0.462 e. The van der Waals surface area contributed by atoms with E-state index < -0.39 is 97.5 Å². The van der Waals surface area contributed by atoms with Crippen LogP contribution in [0.5, 0.6) is 0 Å². The van der Waals surface area contributed by atoms with Crippen molar-refractivity contribution >= 4 is 39.5 Å². The van der Waals surface area contributed by atoms with Crippen molar-refractivity contribution in [2.24, 2.45) is 0 Å². The molecule has 2 unspecified atom stereocenters. The average molecular weight is 1450 g/mol. The molecule has 17 nitrogen and oxygen atoms in total. The van der Waals surface area contributed by atoms with E-state index in [1.807, 2.05) is 0 Å². The number of unbranched alkanes of at least 4 members (excludes halogenated alkanes) is 55. The zero-order chi connectivity index (χ0) is 72.5. The van der Waals surface area contributed by atoms with Crippen molar-refractivity contribution < 1.29 is 80.2 Å². The quantitative estimate of drug-likeness (QED) is 0.0222. The van der Waals surface area contributed by atoms with Crippen LogP contribution in [0.2, 0.25) is 0 Å². The predicted molar refractivity (Wildman–Crippen MR) is 405 cm³/mol. The number of phosphoric acid groups is 2. The number of carbonyl (C=O) groups excluding carboxylic acids is 4. The molecule has 5 atom stereocenters. The lowest BCUT2D eigenvalue weighted by molar-refractivity contribution is -0.161. The fourth-order valence-electron chi connectivity index (χ4n) is 12.5. The third-order valence-corrected chi connectivity index (χ3v) is 20.8. The van der Waals surface area contributed by atoms with E-state index in [1.54, 1.807) is 0 Å². The molecule has 19 heteroatoms. The SMILES string of the molecule is CCCCCCCCCCCCCCCCCCCCCCCC(=O)O[C@H](COC(=O)CCCCCCCCCCCCCCCCCCCC)COP(=O)(O)OC[C@@H](O)COP(=O)(O)OC[C@@H](COC(=O)CCCCCCCCCC)OC(=O)CCCCCCCCCCCCCC. The van der Waals surface area contributed by atoms with E-state index in [-0.39, 0.29) is 25.7 Å². The number of carbonyl (C=O) groups is 4. The Labute approximate surface area is 607 Å². The number of phosphoric ester groups is 2. The summed E-state index contributed by atoms with van der Waals surface area (Å²) < 4.78 is 68.6. The summed E-state index contributed by atoms with van der Waals surface area (Å²) in [5.41, 5.74) is 0. The van der Waals surface area contributed by atoms with Crippen molar-refractivity contribution in [2.45, 2.75) is 451 Å². The monoisotopic (exact) mass is 1450 g/mol. The molecule has 0 radical (unpaired) electrons. The predicted octanol–water partition coefficient (Wildman–Crippen LogP) is 24.2. The Morgan fingerprint density at radius 3 is 0.596 bits per heavy atom. The summed E-state index contributed by atoms with van der Waals surface area (Å²) in [4.78, 5) is 72.8. The summed E-state index contributed by atoms with van der Waals surface area (Å²) in [7, 11) is -9.91. The van der Waals surface area contributed by atoms with Gasteiger partial charge in [0.05, 0.1) is 26.4 Å².